The molecule has 1 aliphatic rings. The molecule has 7 nitrogen and oxygen atoms in total. The molecule has 160 valence electrons. The van der Waals surface area contributed by atoms with Gasteiger partial charge in [0.05, 0.1) is 31.0 Å². The van der Waals surface area contributed by atoms with Crippen LogP contribution in [-0.2, 0) is 4.74 Å². The van der Waals surface area contributed by atoms with Crippen LogP contribution in [0.15, 0.2) is 78.8 Å². The number of methoxy groups -OCH3 is 2. The highest BCUT2D eigenvalue weighted by Crippen LogP contribution is 2.37. The number of hydrogen-bond acceptors (Lipinski definition) is 6. The van der Waals surface area contributed by atoms with Crippen LogP contribution < -0.4 is 10.1 Å². The molecule has 0 radical (unpaired) electrons. The molecule has 0 aliphatic heterocycles. The molecule has 1 atom stereocenters. The largest absolute Gasteiger partial charge is 0.497 e. The number of fused-ring (bicyclic) bond motifs is 1. The molecular formula is C25H23N5O2. The first-order valence-corrected chi connectivity index (χ1v) is 10.4. The van der Waals surface area contributed by atoms with Crippen LogP contribution in [0.3, 0.4) is 0 Å². The molecule has 7 heteroatoms. The first kappa shape index (κ1) is 19.8. The minimum absolute atomic E-state index is 0.128. The monoisotopic (exact) mass is 425 g/mol. The number of hydrogen-bond donors (Lipinski definition) is 2. The fourth-order valence-electron chi connectivity index (χ4n) is 3.95. The fraction of sp³-hybridized carbons (Fsp3) is 0.160. The highest BCUT2D eigenvalue weighted by atomic mass is 16.5. The summed E-state index contributed by atoms with van der Waals surface area (Å²) < 4.78 is 10.9. The molecule has 1 unspecified atom stereocenters. The summed E-state index contributed by atoms with van der Waals surface area (Å²) in [6, 6.07) is 16.3. The normalized spacial score (nSPS) is 15.4. The van der Waals surface area contributed by atoms with Crippen molar-refractivity contribution in [1.29, 1.82) is 0 Å². The van der Waals surface area contributed by atoms with Crippen molar-refractivity contribution >= 4 is 22.5 Å². The molecule has 2 N–H and O–H groups in total. The molecule has 4 aromatic rings. The third kappa shape index (κ3) is 3.69. The number of rotatable bonds is 6. The molecular weight excluding hydrogens is 402 g/mol. The Balaban J connectivity index is 1.54. The fourth-order valence-corrected chi connectivity index (χ4v) is 3.95. The predicted octanol–water partition coefficient (Wildman–Crippen LogP) is 5.35. The Hall–Kier alpha value is -4.13. The predicted molar refractivity (Wildman–Crippen MR) is 125 cm³/mol. The van der Waals surface area contributed by atoms with Gasteiger partial charge in [-0.25, -0.2) is 9.97 Å². The zero-order chi connectivity index (χ0) is 21.9. The quantitative estimate of drug-likeness (QED) is 0.433. The third-order valence-corrected chi connectivity index (χ3v) is 5.61. The van der Waals surface area contributed by atoms with Gasteiger partial charge in [-0.05, 0) is 41.8 Å². The number of benzene rings is 2. The van der Waals surface area contributed by atoms with Gasteiger partial charge in [0, 0.05) is 5.92 Å². The zero-order valence-corrected chi connectivity index (χ0v) is 17.9. The number of aromatic amines is 1. The lowest BCUT2D eigenvalue weighted by atomic mass is 9.95. The first-order valence-electron chi connectivity index (χ1n) is 10.4. The van der Waals surface area contributed by atoms with Crippen LogP contribution in [-0.4, -0.2) is 34.4 Å². The smallest absolute Gasteiger partial charge is 0.186 e. The summed E-state index contributed by atoms with van der Waals surface area (Å²) in [6.45, 7) is 0. The lowest BCUT2D eigenvalue weighted by Crippen LogP contribution is -2.03. The van der Waals surface area contributed by atoms with Crippen molar-refractivity contribution in [2.24, 2.45) is 0 Å². The number of nitrogens with one attached hydrogen (secondary N) is 2. The average Bonchev–Trinajstić information content (AvgIpc) is 3.30. The van der Waals surface area contributed by atoms with Gasteiger partial charge in [-0.15, -0.1) is 0 Å². The van der Waals surface area contributed by atoms with Crippen molar-refractivity contribution in [3.8, 4) is 16.9 Å². The lowest BCUT2D eigenvalue weighted by Gasteiger charge is -2.16. The number of allylic oxidation sites excluding steroid dienone is 3. The van der Waals surface area contributed by atoms with Crippen LogP contribution in [0, 0.1) is 0 Å². The van der Waals surface area contributed by atoms with Gasteiger partial charge in [-0.1, -0.05) is 42.5 Å². The second-order valence-electron chi connectivity index (χ2n) is 7.48. The Kier molecular flexibility index (Phi) is 5.29. The summed E-state index contributed by atoms with van der Waals surface area (Å²) in [7, 11) is 3.34. The molecule has 2 aromatic carbocycles. The number of ether oxygens (including phenoxy) is 2. The topological polar surface area (TPSA) is 85.0 Å². The van der Waals surface area contributed by atoms with Crippen molar-refractivity contribution in [1.82, 2.24) is 20.2 Å². The van der Waals surface area contributed by atoms with E-state index in [2.05, 4.69) is 55.8 Å². The van der Waals surface area contributed by atoms with Gasteiger partial charge in [-0.2, -0.15) is 5.10 Å². The molecule has 1 aliphatic carbocycles. The minimum Gasteiger partial charge on any atom is -0.497 e. The summed E-state index contributed by atoms with van der Waals surface area (Å²) in [4.78, 5) is 8.89. The highest BCUT2D eigenvalue weighted by molar-refractivity contribution is 5.92. The van der Waals surface area contributed by atoms with Gasteiger partial charge in [0.2, 0.25) is 0 Å². The standard InChI is InChI=1S/C25H23N5O2/c1-31-19-11-8-17(9-12-19)23-22-24(26-15-27-25(22)30-29-23)28-20-14-18(10-13-21(20)32-2)16-6-4-3-5-7-16/h3-8,10-15,17H,9H2,1-2H3,(H2,26,27,28,29,30). The van der Waals surface area contributed by atoms with Gasteiger partial charge in [0.1, 0.15) is 23.7 Å². The Morgan fingerprint density at radius 3 is 2.62 bits per heavy atom. The molecule has 2 aromatic heterocycles. The van der Waals surface area contributed by atoms with E-state index in [4.69, 9.17) is 9.47 Å². The molecule has 0 saturated carbocycles. The number of anilines is 2. The highest BCUT2D eigenvalue weighted by Gasteiger charge is 2.21. The maximum atomic E-state index is 5.61. The van der Waals surface area contributed by atoms with E-state index in [0.29, 0.717) is 11.5 Å². The first-order chi connectivity index (χ1) is 15.8. The third-order valence-electron chi connectivity index (χ3n) is 5.61. The van der Waals surface area contributed by atoms with E-state index in [9.17, 15) is 0 Å². The Labute approximate surface area is 185 Å². The maximum absolute atomic E-state index is 5.61. The molecule has 0 fully saturated rings. The zero-order valence-electron chi connectivity index (χ0n) is 17.9. The molecule has 32 heavy (non-hydrogen) atoms. The Bertz CT molecular complexity index is 1310. The second kappa shape index (κ2) is 8.55. The van der Waals surface area contributed by atoms with E-state index >= 15 is 0 Å². The van der Waals surface area contributed by atoms with Crippen molar-refractivity contribution in [3.05, 3.63) is 84.5 Å². The van der Waals surface area contributed by atoms with Gasteiger partial charge >= 0.3 is 0 Å². The summed E-state index contributed by atoms with van der Waals surface area (Å²) in [5.41, 5.74) is 4.61. The minimum atomic E-state index is 0.128. The molecule has 2 heterocycles. The van der Waals surface area contributed by atoms with E-state index < -0.39 is 0 Å². The van der Waals surface area contributed by atoms with Crippen LogP contribution in [0.25, 0.3) is 22.2 Å². The molecule has 5 rings (SSSR count). The van der Waals surface area contributed by atoms with E-state index in [0.717, 1.165) is 45.8 Å². The van der Waals surface area contributed by atoms with Crippen LogP contribution in [0.4, 0.5) is 11.5 Å². The van der Waals surface area contributed by atoms with Gasteiger partial charge in [0.15, 0.2) is 5.65 Å². The second-order valence-corrected chi connectivity index (χ2v) is 7.48. The van der Waals surface area contributed by atoms with Gasteiger partial charge < -0.3 is 14.8 Å². The number of H-pyrrole nitrogens is 1. The summed E-state index contributed by atoms with van der Waals surface area (Å²) in [5.74, 6) is 2.40. The summed E-state index contributed by atoms with van der Waals surface area (Å²) in [6.07, 6.45) is 8.48. The Morgan fingerprint density at radius 2 is 1.88 bits per heavy atom. The van der Waals surface area contributed by atoms with E-state index in [1.165, 1.54) is 6.33 Å². The van der Waals surface area contributed by atoms with E-state index in [-0.39, 0.29) is 5.92 Å². The summed E-state index contributed by atoms with van der Waals surface area (Å²) >= 11 is 0. The van der Waals surface area contributed by atoms with Crippen molar-refractivity contribution in [2.45, 2.75) is 12.3 Å². The number of nitrogens with zero attached hydrogens (tertiary/aromatic N) is 3. The maximum Gasteiger partial charge on any atom is 0.186 e. The van der Waals surface area contributed by atoms with Crippen LogP contribution in [0.1, 0.15) is 18.0 Å². The molecule has 0 saturated heterocycles. The van der Waals surface area contributed by atoms with Crippen molar-refractivity contribution in [3.63, 3.8) is 0 Å². The molecule has 0 spiro atoms. The van der Waals surface area contributed by atoms with Crippen molar-refractivity contribution in [2.75, 3.05) is 19.5 Å². The van der Waals surface area contributed by atoms with E-state index in [1.807, 2.05) is 36.4 Å². The molecule has 0 bridgehead atoms. The average molecular weight is 425 g/mol. The van der Waals surface area contributed by atoms with Crippen LogP contribution in [0.5, 0.6) is 5.75 Å². The Morgan fingerprint density at radius 1 is 1.00 bits per heavy atom. The number of aromatic nitrogens is 4. The van der Waals surface area contributed by atoms with Crippen LogP contribution >= 0.6 is 0 Å². The lowest BCUT2D eigenvalue weighted by molar-refractivity contribution is 0.303. The van der Waals surface area contributed by atoms with Gasteiger partial charge in [0.25, 0.3) is 0 Å². The van der Waals surface area contributed by atoms with Crippen LogP contribution in [0.2, 0.25) is 0 Å². The molecule has 0 amide bonds. The SMILES string of the molecule is COC1=CCC(c2[nH]nc3ncnc(Nc4cc(-c5ccccc5)ccc4OC)c23)C=C1. The van der Waals surface area contributed by atoms with E-state index in [1.54, 1.807) is 14.2 Å². The summed E-state index contributed by atoms with van der Waals surface area (Å²) in [5, 5.41) is 11.9. The van der Waals surface area contributed by atoms with Crippen molar-refractivity contribution < 1.29 is 9.47 Å². The van der Waals surface area contributed by atoms with Gasteiger partial charge in [-0.3, -0.25) is 5.10 Å².